The molecule has 0 bridgehead atoms. The maximum Gasteiger partial charge on any atom is 0.330 e. The minimum atomic E-state index is -0.459. The first-order chi connectivity index (χ1) is 14.5. The molecule has 0 aliphatic heterocycles. The first kappa shape index (κ1) is 20.0. The minimum Gasteiger partial charge on any atom is -0.399 e. The highest BCUT2D eigenvalue weighted by Crippen LogP contribution is 2.17. The Kier molecular flexibility index (Phi) is 5.73. The van der Waals surface area contributed by atoms with Gasteiger partial charge in [0.15, 0.2) is 11.2 Å². The number of nitrogens with two attached hydrogens (primary N) is 1. The van der Waals surface area contributed by atoms with Crippen LogP contribution >= 0.6 is 11.9 Å². The Balaban J connectivity index is 1.46. The van der Waals surface area contributed by atoms with Gasteiger partial charge in [0.2, 0.25) is 0 Å². The molecule has 0 radical (unpaired) electrons. The van der Waals surface area contributed by atoms with Gasteiger partial charge in [-0.2, -0.15) is 0 Å². The van der Waals surface area contributed by atoms with Crippen LogP contribution in [0.25, 0.3) is 11.2 Å². The molecule has 0 amide bonds. The molecule has 30 heavy (non-hydrogen) atoms. The second-order valence-corrected chi connectivity index (χ2v) is 7.82. The van der Waals surface area contributed by atoms with Crippen LogP contribution in [0.1, 0.15) is 18.1 Å². The van der Waals surface area contributed by atoms with Crippen molar-refractivity contribution in [3.63, 3.8) is 0 Å². The van der Waals surface area contributed by atoms with E-state index in [9.17, 15) is 9.59 Å². The lowest BCUT2D eigenvalue weighted by Gasteiger charge is -2.09. The number of aromatic nitrogens is 4. The highest BCUT2D eigenvalue weighted by Gasteiger charge is 2.13. The van der Waals surface area contributed by atoms with Gasteiger partial charge in [0.1, 0.15) is 0 Å². The fourth-order valence-electron chi connectivity index (χ4n) is 3.19. The summed E-state index contributed by atoms with van der Waals surface area (Å²) in [6, 6.07) is 15.7. The molecule has 2 heterocycles. The molecule has 154 valence electrons. The summed E-state index contributed by atoms with van der Waals surface area (Å²) in [7, 11) is 0. The van der Waals surface area contributed by atoms with Gasteiger partial charge in [-0.15, -0.1) is 0 Å². The van der Waals surface area contributed by atoms with E-state index in [1.807, 2.05) is 55.5 Å². The summed E-state index contributed by atoms with van der Waals surface area (Å²) in [4.78, 5) is 32.3. The molecule has 0 atom stereocenters. The normalized spacial score (nSPS) is 11.2. The fraction of sp³-hybridized carbons (Fsp3) is 0.190. The Morgan fingerprint density at radius 3 is 2.47 bits per heavy atom. The molecular weight excluding hydrogens is 400 g/mol. The average Bonchev–Trinajstić information content (AvgIpc) is 3.18. The van der Waals surface area contributed by atoms with Crippen molar-refractivity contribution in [2.24, 2.45) is 0 Å². The maximum absolute atomic E-state index is 12.4. The number of nitrogens with one attached hydrogen (secondary N) is 2. The van der Waals surface area contributed by atoms with Crippen molar-refractivity contribution in [3.8, 4) is 0 Å². The molecule has 0 aliphatic rings. The third-order valence-electron chi connectivity index (χ3n) is 4.81. The van der Waals surface area contributed by atoms with E-state index in [2.05, 4.69) is 14.7 Å². The molecule has 2 aromatic heterocycles. The van der Waals surface area contributed by atoms with Crippen LogP contribution in [-0.4, -0.2) is 19.1 Å². The number of fused-ring (bicyclic) bond motifs is 1. The lowest BCUT2D eigenvalue weighted by atomic mass is 10.1. The minimum absolute atomic E-state index is 0.334. The molecule has 0 spiro atoms. The van der Waals surface area contributed by atoms with Gasteiger partial charge in [0, 0.05) is 23.7 Å². The van der Waals surface area contributed by atoms with Gasteiger partial charge in [-0.25, -0.2) is 9.78 Å². The van der Waals surface area contributed by atoms with Crippen LogP contribution in [0.4, 0.5) is 5.69 Å². The van der Waals surface area contributed by atoms with E-state index in [-0.39, 0.29) is 0 Å². The second kappa shape index (κ2) is 8.60. The summed E-state index contributed by atoms with van der Waals surface area (Å²) in [5, 5.41) is 0. The molecule has 0 saturated heterocycles. The zero-order valence-corrected chi connectivity index (χ0v) is 17.3. The van der Waals surface area contributed by atoms with Crippen LogP contribution in [0.3, 0.4) is 0 Å². The quantitative estimate of drug-likeness (QED) is 0.311. The molecule has 4 N–H and O–H groups in total. The Labute approximate surface area is 176 Å². The van der Waals surface area contributed by atoms with Crippen LogP contribution in [0.2, 0.25) is 0 Å². The van der Waals surface area contributed by atoms with Crippen molar-refractivity contribution in [1.82, 2.24) is 23.8 Å². The summed E-state index contributed by atoms with van der Waals surface area (Å²) in [6.07, 6.45) is 1.59. The predicted octanol–water partition coefficient (Wildman–Crippen LogP) is 2.33. The molecule has 9 heteroatoms. The number of anilines is 1. The Bertz CT molecular complexity index is 1270. The van der Waals surface area contributed by atoms with Crippen molar-refractivity contribution in [1.29, 1.82) is 0 Å². The zero-order valence-electron chi connectivity index (χ0n) is 16.5. The number of nitrogen functional groups attached to an aromatic ring is 1. The van der Waals surface area contributed by atoms with Gasteiger partial charge in [-0.05, 0) is 54.3 Å². The number of rotatable bonds is 7. The average molecular weight is 423 g/mol. The third kappa shape index (κ3) is 4.17. The van der Waals surface area contributed by atoms with Gasteiger partial charge < -0.3 is 10.3 Å². The second-order valence-electron chi connectivity index (χ2n) is 6.86. The predicted molar refractivity (Wildman–Crippen MR) is 119 cm³/mol. The Hall–Kier alpha value is -3.30. The SMILES string of the molecule is CCn1cnc2c1c(=O)[nH]c(=O)n2Cc1ccc(CNSc2ccc(N)cc2)cc1. The van der Waals surface area contributed by atoms with Crippen LogP contribution < -0.4 is 21.7 Å². The highest BCUT2D eigenvalue weighted by molar-refractivity contribution is 7.97. The van der Waals surface area contributed by atoms with E-state index in [4.69, 9.17) is 5.73 Å². The summed E-state index contributed by atoms with van der Waals surface area (Å²) in [5.74, 6) is 0. The number of hydrogen-bond acceptors (Lipinski definition) is 6. The largest absolute Gasteiger partial charge is 0.399 e. The molecule has 0 fully saturated rings. The molecule has 4 rings (SSSR count). The lowest BCUT2D eigenvalue weighted by molar-refractivity contribution is 0.742. The summed E-state index contributed by atoms with van der Waals surface area (Å²) >= 11 is 1.54. The Morgan fingerprint density at radius 1 is 1.07 bits per heavy atom. The molecule has 2 aromatic carbocycles. The van der Waals surface area contributed by atoms with Crippen LogP contribution in [0.5, 0.6) is 0 Å². The first-order valence-electron chi connectivity index (χ1n) is 9.56. The summed E-state index contributed by atoms with van der Waals surface area (Å²) in [5.41, 5.74) is 8.46. The number of aromatic amines is 1. The molecule has 0 aliphatic carbocycles. The third-order valence-corrected chi connectivity index (χ3v) is 5.60. The van der Waals surface area contributed by atoms with Crippen molar-refractivity contribution >= 4 is 28.8 Å². The van der Waals surface area contributed by atoms with E-state index >= 15 is 0 Å². The van der Waals surface area contributed by atoms with Gasteiger partial charge >= 0.3 is 5.69 Å². The standard InChI is InChI=1S/C21H22N6O2S/c1-2-26-13-23-19-18(26)20(28)25-21(29)27(19)12-15-5-3-14(4-6-15)11-24-30-17-9-7-16(22)8-10-17/h3-10,13,24H,2,11-12,22H2,1H3,(H,25,28,29). The molecule has 4 aromatic rings. The van der Waals surface area contributed by atoms with Gasteiger partial charge in [-0.3, -0.25) is 19.1 Å². The molecule has 8 nitrogen and oxygen atoms in total. The topological polar surface area (TPSA) is 111 Å². The first-order valence-corrected chi connectivity index (χ1v) is 10.4. The summed E-state index contributed by atoms with van der Waals surface area (Å²) in [6.45, 7) is 3.56. The summed E-state index contributed by atoms with van der Waals surface area (Å²) < 4.78 is 6.55. The van der Waals surface area contributed by atoms with Crippen molar-refractivity contribution in [3.05, 3.63) is 86.8 Å². The highest BCUT2D eigenvalue weighted by atomic mass is 32.2. The van der Waals surface area contributed by atoms with E-state index in [1.165, 1.54) is 4.57 Å². The zero-order chi connectivity index (χ0) is 21.1. The van der Waals surface area contributed by atoms with E-state index in [1.54, 1.807) is 22.8 Å². The molecular formula is C21H22N6O2S. The van der Waals surface area contributed by atoms with Crippen LogP contribution in [0, 0.1) is 0 Å². The number of benzene rings is 2. The van der Waals surface area contributed by atoms with Crippen molar-refractivity contribution in [2.45, 2.75) is 31.5 Å². The molecule has 0 unspecified atom stereocenters. The van der Waals surface area contributed by atoms with Crippen molar-refractivity contribution < 1.29 is 0 Å². The van der Waals surface area contributed by atoms with Gasteiger partial charge in [-0.1, -0.05) is 24.3 Å². The van der Waals surface area contributed by atoms with E-state index < -0.39 is 11.2 Å². The van der Waals surface area contributed by atoms with E-state index in [0.29, 0.717) is 30.8 Å². The fourth-order valence-corrected chi connectivity index (χ4v) is 3.87. The lowest BCUT2D eigenvalue weighted by Crippen LogP contribution is -2.31. The van der Waals surface area contributed by atoms with Gasteiger partial charge in [0.05, 0.1) is 12.9 Å². The number of imidazole rings is 1. The monoisotopic (exact) mass is 422 g/mol. The van der Waals surface area contributed by atoms with Crippen molar-refractivity contribution in [2.75, 3.05) is 5.73 Å². The maximum atomic E-state index is 12.4. The number of H-pyrrole nitrogens is 1. The number of hydrogen-bond donors (Lipinski definition) is 3. The van der Waals surface area contributed by atoms with Gasteiger partial charge in [0.25, 0.3) is 5.56 Å². The molecule has 0 saturated carbocycles. The van der Waals surface area contributed by atoms with Crippen LogP contribution in [-0.2, 0) is 19.6 Å². The van der Waals surface area contributed by atoms with Crippen LogP contribution in [0.15, 0.2) is 69.3 Å². The smallest absolute Gasteiger partial charge is 0.330 e. The van der Waals surface area contributed by atoms with E-state index in [0.717, 1.165) is 21.7 Å². The number of aryl methyl sites for hydroxylation is 1. The number of nitrogens with zero attached hydrogens (tertiary/aromatic N) is 3. The Morgan fingerprint density at radius 2 is 1.77 bits per heavy atom.